The van der Waals surface area contributed by atoms with Crippen LogP contribution in [0.4, 0.5) is 0 Å². The van der Waals surface area contributed by atoms with Crippen LogP contribution in [0, 0.1) is 34.5 Å². The van der Waals surface area contributed by atoms with E-state index in [9.17, 15) is 9.59 Å². The molecule has 4 aliphatic carbocycles. The topological polar surface area (TPSA) is 55.7 Å². The molecule has 0 heterocycles. The molecule has 27 heavy (non-hydrogen) atoms. The summed E-state index contributed by atoms with van der Waals surface area (Å²) in [4.78, 5) is 27.4. The fraction of sp³-hybridized carbons (Fsp3) is 0.870. The van der Waals surface area contributed by atoms with Gasteiger partial charge in [0.25, 0.3) is 0 Å². The van der Waals surface area contributed by atoms with Crippen LogP contribution in [0.15, 0.2) is 4.99 Å². The number of carbonyl (C=O) groups is 2. The predicted molar refractivity (Wildman–Crippen MR) is 105 cm³/mol. The Balaban J connectivity index is 1.54. The number of rotatable bonds is 1. The molecule has 0 aromatic rings. The van der Waals surface area contributed by atoms with Crippen LogP contribution in [0.2, 0.25) is 0 Å². The normalized spacial score (nSPS) is 47.7. The number of amides is 1. The molecule has 0 N–H and O–H groups in total. The second-order valence-corrected chi connectivity index (χ2v) is 10.2. The molecule has 7 atom stereocenters. The number of nitrogens with zero attached hydrogens (tertiary/aromatic N) is 1. The van der Waals surface area contributed by atoms with Gasteiger partial charge in [-0.15, -0.1) is 0 Å². The second-order valence-electron chi connectivity index (χ2n) is 10.2. The molecule has 0 radical (unpaired) electrons. The van der Waals surface area contributed by atoms with Gasteiger partial charge in [0.2, 0.25) is 5.91 Å². The lowest BCUT2D eigenvalue weighted by molar-refractivity contribution is -0.158. The zero-order valence-corrected chi connectivity index (χ0v) is 17.4. The van der Waals surface area contributed by atoms with E-state index in [2.05, 4.69) is 18.8 Å². The highest BCUT2D eigenvalue weighted by atomic mass is 16.5. The van der Waals surface area contributed by atoms with E-state index in [0.717, 1.165) is 31.1 Å². The summed E-state index contributed by atoms with van der Waals surface area (Å²) in [5.74, 6) is 2.77. The number of hydrogen-bond donors (Lipinski definition) is 0. The van der Waals surface area contributed by atoms with Crippen molar-refractivity contribution in [2.45, 2.75) is 91.6 Å². The monoisotopic (exact) mass is 373 g/mol. The Morgan fingerprint density at radius 2 is 1.78 bits per heavy atom. The van der Waals surface area contributed by atoms with E-state index in [0.29, 0.717) is 17.3 Å². The standard InChI is InChI=1S/C23H35NO3/c1-14(25)24-21-8-7-19-18-6-5-16-13-17(27-15(2)26)9-11-22(16,3)20(18)10-12-23(19,21)4/h16-20H,5-13H2,1-4H3/t16?,17?,18-,19-,20+,22-,23-/m0/s1. The average molecular weight is 374 g/mol. The number of hydrogen-bond acceptors (Lipinski definition) is 3. The summed E-state index contributed by atoms with van der Waals surface area (Å²) >= 11 is 0. The predicted octanol–water partition coefficient (Wildman–Crippen LogP) is 4.95. The molecule has 0 spiro atoms. The summed E-state index contributed by atoms with van der Waals surface area (Å²) in [5, 5.41) is 0. The molecule has 1 amide bonds. The van der Waals surface area contributed by atoms with Gasteiger partial charge >= 0.3 is 5.97 Å². The summed E-state index contributed by atoms with van der Waals surface area (Å²) in [7, 11) is 0. The van der Waals surface area contributed by atoms with Crippen LogP contribution >= 0.6 is 0 Å². The minimum atomic E-state index is -0.131. The van der Waals surface area contributed by atoms with E-state index in [-0.39, 0.29) is 23.4 Å². The lowest BCUT2D eigenvalue weighted by Crippen LogP contribution is -2.54. The maximum Gasteiger partial charge on any atom is 0.302 e. The van der Waals surface area contributed by atoms with E-state index in [1.807, 2.05) is 0 Å². The smallest absolute Gasteiger partial charge is 0.302 e. The molecule has 4 fully saturated rings. The Morgan fingerprint density at radius 3 is 2.48 bits per heavy atom. The molecule has 0 aromatic heterocycles. The first-order valence-corrected chi connectivity index (χ1v) is 11.0. The fourth-order valence-electron chi connectivity index (χ4n) is 7.72. The first-order chi connectivity index (χ1) is 12.7. The summed E-state index contributed by atoms with van der Waals surface area (Å²) in [6, 6.07) is 0. The van der Waals surface area contributed by atoms with Crippen molar-refractivity contribution < 1.29 is 14.3 Å². The molecule has 4 rings (SSSR count). The summed E-state index contributed by atoms with van der Waals surface area (Å²) < 4.78 is 5.57. The highest BCUT2D eigenvalue weighted by Crippen LogP contribution is 2.65. The maximum absolute atomic E-state index is 11.6. The number of ether oxygens (including phenoxy) is 1. The molecular weight excluding hydrogens is 338 g/mol. The van der Waals surface area contributed by atoms with Gasteiger partial charge in [0.1, 0.15) is 6.10 Å². The maximum atomic E-state index is 11.6. The minimum absolute atomic E-state index is 0.0338. The third kappa shape index (κ3) is 3.07. The zero-order chi connectivity index (χ0) is 19.4. The number of aliphatic imine (C=N–C) groups is 1. The highest BCUT2D eigenvalue weighted by molar-refractivity contribution is 5.99. The van der Waals surface area contributed by atoms with Crippen molar-refractivity contribution in [1.29, 1.82) is 0 Å². The number of carbonyl (C=O) groups excluding carboxylic acids is 2. The van der Waals surface area contributed by atoms with Crippen LogP contribution < -0.4 is 0 Å². The molecule has 4 saturated carbocycles. The Morgan fingerprint density at radius 1 is 1.00 bits per heavy atom. The molecule has 4 aliphatic rings. The van der Waals surface area contributed by atoms with Gasteiger partial charge in [0.15, 0.2) is 0 Å². The molecule has 0 bridgehead atoms. The Bertz CT molecular complexity index is 671. The quantitative estimate of drug-likeness (QED) is 0.611. The first-order valence-electron chi connectivity index (χ1n) is 11.0. The van der Waals surface area contributed by atoms with Crippen molar-refractivity contribution in [2.24, 2.45) is 39.5 Å². The largest absolute Gasteiger partial charge is 0.463 e. The average Bonchev–Trinajstić information content (AvgIpc) is 2.91. The lowest BCUT2D eigenvalue weighted by Gasteiger charge is -2.60. The second kappa shape index (κ2) is 6.70. The van der Waals surface area contributed by atoms with E-state index < -0.39 is 0 Å². The van der Waals surface area contributed by atoms with E-state index in [4.69, 9.17) is 4.74 Å². The number of esters is 1. The minimum Gasteiger partial charge on any atom is -0.463 e. The zero-order valence-electron chi connectivity index (χ0n) is 17.4. The van der Waals surface area contributed by atoms with Gasteiger partial charge in [-0.3, -0.25) is 9.59 Å². The van der Waals surface area contributed by atoms with Crippen LogP contribution in [0.3, 0.4) is 0 Å². The lowest BCUT2D eigenvalue weighted by atomic mass is 9.45. The van der Waals surface area contributed by atoms with Crippen molar-refractivity contribution in [1.82, 2.24) is 0 Å². The van der Waals surface area contributed by atoms with E-state index in [1.165, 1.54) is 51.2 Å². The van der Waals surface area contributed by atoms with Gasteiger partial charge in [-0.2, -0.15) is 0 Å². The first kappa shape index (κ1) is 19.1. The summed E-state index contributed by atoms with van der Waals surface area (Å²) in [6.07, 6.45) is 10.6. The molecule has 150 valence electrons. The molecule has 2 unspecified atom stereocenters. The van der Waals surface area contributed by atoms with Gasteiger partial charge in [0, 0.05) is 25.0 Å². The summed E-state index contributed by atoms with van der Waals surface area (Å²) in [5.41, 5.74) is 1.72. The molecule has 0 saturated heterocycles. The highest BCUT2D eigenvalue weighted by Gasteiger charge is 2.59. The fourth-order valence-corrected chi connectivity index (χ4v) is 7.72. The van der Waals surface area contributed by atoms with Crippen molar-refractivity contribution in [2.75, 3.05) is 0 Å². The van der Waals surface area contributed by atoms with Crippen LogP contribution in [-0.2, 0) is 14.3 Å². The Hall–Kier alpha value is -1.19. The van der Waals surface area contributed by atoms with Crippen molar-refractivity contribution in [3.05, 3.63) is 0 Å². The van der Waals surface area contributed by atoms with Crippen molar-refractivity contribution in [3.8, 4) is 0 Å². The van der Waals surface area contributed by atoms with Gasteiger partial charge in [0.05, 0.1) is 0 Å². The van der Waals surface area contributed by atoms with Crippen molar-refractivity contribution >= 4 is 17.6 Å². The van der Waals surface area contributed by atoms with Crippen LogP contribution in [0.1, 0.15) is 85.5 Å². The molecule has 0 aromatic carbocycles. The third-order valence-electron chi connectivity index (χ3n) is 8.98. The van der Waals surface area contributed by atoms with Crippen LogP contribution in [0.25, 0.3) is 0 Å². The van der Waals surface area contributed by atoms with Gasteiger partial charge in [-0.05, 0) is 86.9 Å². The van der Waals surface area contributed by atoms with E-state index in [1.54, 1.807) is 6.92 Å². The molecule has 0 aliphatic heterocycles. The van der Waals surface area contributed by atoms with Crippen LogP contribution in [0.5, 0.6) is 0 Å². The summed E-state index contributed by atoms with van der Waals surface area (Å²) in [6.45, 7) is 8.03. The van der Waals surface area contributed by atoms with Crippen molar-refractivity contribution in [3.63, 3.8) is 0 Å². The third-order valence-corrected chi connectivity index (χ3v) is 8.98. The Labute approximate surface area is 163 Å². The van der Waals surface area contributed by atoms with Gasteiger partial charge < -0.3 is 4.74 Å². The molecular formula is C23H35NO3. The number of fused-ring (bicyclic) bond motifs is 5. The van der Waals surface area contributed by atoms with Gasteiger partial charge in [-0.25, -0.2) is 4.99 Å². The van der Waals surface area contributed by atoms with E-state index >= 15 is 0 Å². The SMILES string of the molecule is CC(=O)N=C1CC[C@H]2[C@@H]3CCC4CC(OC(C)=O)CC[C@]4(C)[C@@H]3CC[C@]12C. The van der Waals surface area contributed by atoms with Crippen LogP contribution in [-0.4, -0.2) is 23.7 Å². The Kier molecular flexibility index (Phi) is 4.75. The molecule has 4 heteroatoms. The van der Waals surface area contributed by atoms with Gasteiger partial charge in [-0.1, -0.05) is 13.8 Å². The molecule has 4 nitrogen and oxygen atoms in total.